The smallest absolute Gasteiger partial charge is 0.166 e. The summed E-state index contributed by atoms with van der Waals surface area (Å²) in [4.78, 5) is 0. The largest absolute Gasteiger partial charge is 0.381 e. The molecule has 0 radical (unpaired) electrons. The molecule has 1 aromatic rings. The molecule has 0 aromatic carbocycles. The minimum Gasteiger partial charge on any atom is -0.381 e. The van der Waals surface area contributed by atoms with E-state index < -0.39 is 0 Å². The molecule has 16 heavy (non-hydrogen) atoms. The van der Waals surface area contributed by atoms with E-state index in [1.165, 1.54) is 6.20 Å². The second kappa shape index (κ2) is 5.42. The van der Waals surface area contributed by atoms with Gasteiger partial charge in [-0.25, -0.2) is 0 Å². The highest BCUT2D eigenvalue weighted by Crippen LogP contribution is 2.15. The summed E-state index contributed by atoms with van der Waals surface area (Å²) in [5, 5.41) is 19.7. The first-order valence-electron chi connectivity index (χ1n) is 5.43. The van der Waals surface area contributed by atoms with Crippen molar-refractivity contribution in [3.05, 3.63) is 17.8 Å². The Hall–Kier alpha value is -1.67. The molecule has 1 N–H and O–H groups in total. The Labute approximate surface area is 94.4 Å². The lowest BCUT2D eigenvalue weighted by atomic mass is 10.0. The van der Waals surface area contributed by atoms with Crippen molar-refractivity contribution in [3.8, 4) is 6.07 Å². The van der Waals surface area contributed by atoms with Crippen LogP contribution < -0.4 is 5.32 Å². The highest BCUT2D eigenvalue weighted by molar-refractivity contribution is 5.50. The molecule has 0 bridgehead atoms. The Bertz CT molecular complexity index is 382. The van der Waals surface area contributed by atoms with Crippen molar-refractivity contribution in [2.75, 3.05) is 25.1 Å². The summed E-state index contributed by atoms with van der Waals surface area (Å²) >= 11 is 0. The SMILES string of the molecule is N#Cc1ccnnc1NCC1CCCOC1. The standard InChI is InChI=1S/C11H14N4O/c12-6-10-3-4-14-15-11(10)13-7-9-2-1-5-16-8-9/h3-4,9H,1-2,5,7-8H2,(H,13,15). The fraction of sp³-hybridized carbons (Fsp3) is 0.545. The van der Waals surface area contributed by atoms with E-state index in [9.17, 15) is 0 Å². The third-order valence-corrected chi connectivity index (χ3v) is 2.65. The normalized spacial score (nSPS) is 20.1. The van der Waals surface area contributed by atoms with Gasteiger partial charge in [-0.3, -0.25) is 0 Å². The van der Waals surface area contributed by atoms with Crippen LogP contribution in [-0.2, 0) is 4.74 Å². The van der Waals surface area contributed by atoms with Crippen LogP contribution in [0.2, 0.25) is 0 Å². The maximum atomic E-state index is 8.87. The molecule has 0 amide bonds. The van der Waals surface area contributed by atoms with Crippen LogP contribution in [0.5, 0.6) is 0 Å². The van der Waals surface area contributed by atoms with Crippen LogP contribution in [0.3, 0.4) is 0 Å². The van der Waals surface area contributed by atoms with Crippen molar-refractivity contribution < 1.29 is 4.74 Å². The molecule has 2 rings (SSSR count). The van der Waals surface area contributed by atoms with Crippen molar-refractivity contribution in [1.82, 2.24) is 10.2 Å². The Morgan fingerprint density at radius 2 is 2.56 bits per heavy atom. The van der Waals surface area contributed by atoms with Crippen LogP contribution in [0.15, 0.2) is 12.3 Å². The lowest BCUT2D eigenvalue weighted by Gasteiger charge is -2.22. The zero-order valence-corrected chi connectivity index (χ0v) is 9.02. The fourth-order valence-corrected chi connectivity index (χ4v) is 1.76. The average molecular weight is 218 g/mol. The number of nitriles is 1. The number of rotatable bonds is 3. The molecule has 2 heterocycles. The van der Waals surface area contributed by atoms with Crippen LogP contribution in [0.25, 0.3) is 0 Å². The van der Waals surface area contributed by atoms with E-state index in [0.717, 1.165) is 32.6 Å². The minimum atomic E-state index is 0.502. The first-order chi connectivity index (χ1) is 7.90. The zero-order chi connectivity index (χ0) is 11.2. The Balaban J connectivity index is 1.91. The molecule has 84 valence electrons. The van der Waals surface area contributed by atoms with Gasteiger partial charge in [0.1, 0.15) is 6.07 Å². The summed E-state index contributed by atoms with van der Waals surface area (Å²) in [5.74, 6) is 1.07. The molecular weight excluding hydrogens is 204 g/mol. The molecule has 1 fully saturated rings. The van der Waals surface area contributed by atoms with Gasteiger partial charge in [-0.15, -0.1) is 5.10 Å². The summed E-state index contributed by atoms with van der Waals surface area (Å²) in [5.41, 5.74) is 0.534. The number of hydrogen-bond donors (Lipinski definition) is 1. The first-order valence-corrected chi connectivity index (χ1v) is 5.43. The number of nitrogens with zero attached hydrogens (tertiary/aromatic N) is 3. The highest BCUT2D eigenvalue weighted by atomic mass is 16.5. The van der Waals surface area contributed by atoms with Gasteiger partial charge in [0.05, 0.1) is 18.4 Å². The van der Waals surface area contributed by atoms with Crippen molar-refractivity contribution >= 4 is 5.82 Å². The molecule has 5 nitrogen and oxygen atoms in total. The van der Waals surface area contributed by atoms with Gasteiger partial charge in [-0.2, -0.15) is 10.4 Å². The van der Waals surface area contributed by atoms with Crippen molar-refractivity contribution in [2.45, 2.75) is 12.8 Å². The number of aromatic nitrogens is 2. The van der Waals surface area contributed by atoms with E-state index in [1.54, 1.807) is 6.07 Å². The third kappa shape index (κ3) is 2.67. The number of anilines is 1. The molecule has 1 saturated heterocycles. The van der Waals surface area contributed by atoms with Crippen LogP contribution in [-0.4, -0.2) is 30.0 Å². The minimum absolute atomic E-state index is 0.502. The third-order valence-electron chi connectivity index (χ3n) is 2.65. The summed E-state index contributed by atoms with van der Waals surface area (Å²) in [7, 11) is 0. The topological polar surface area (TPSA) is 70.8 Å². The predicted molar refractivity (Wildman–Crippen MR) is 58.8 cm³/mol. The van der Waals surface area contributed by atoms with Gasteiger partial charge >= 0.3 is 0 Å². The summed E-state index contributed by atoms with van der Waals surface area (Å²) in [6, 6.07) is 3.75. The average Bonchev–Trinajstić information content (AvgIpc) is 2.38. The second-order valence-corrected chi connectivity index (χ2v) is 3.87. The summed E-state index contributed by atoms with van der Waals surface area (Å²) in [6.07, 6.45) is 3.79. The maximum Gasteiger partial charge on any atom is 0.166 e. The van der Waals surface area contributed by atoms with Crippen molar-refractivity contribution in [1.29, 1.82) is 5.26 Å². The van der Waals surface area contributed by atoms with Crippen LogP contribution >= 0.6 is 0 Å². The molecule has 1 atom stereocenters. The van der Waals surface area contributed by atoms with Gasteiger partial charge in [0.2, 0.25) is 0 Å². The lowest BCUT2D eigenvalue weighted by molar-refractivity contribution is 0.0594. The van der Waals surface area contributed by atoms with Gasteiger partial charge in [0.15, 0.2) is 5.82 Å². The van der Waals surface area contributed by atoms with Gasteiger partial charge in [0.25, 0.3) is 0 Å². The van der Waals surface area contributed by atoms with E-state index in [4.69, 9.17) is 10.00 Å². The molecule has 0 aliphatic carbocycles. The zero-order valence-electron chi connectivity index (χ0n) is 9.02. The molecule has 5 heteroatoms. The lowest BCUT2D eigenvalue weighted by Crippen LogP contribution is -2.24. The summed E-state index contributed by atoms with van der Waals surface area (Å²) in [6.45, 7) is 2.44. The Morgan fingerprint density at radius 3 is 3.31 bits per heavy atom. The fourth-order valence-electron chi connectivity index (χ4n) is 1.76. The number of nitrogens with one attached hydrogen (secondary N) is 1. The van der Waals surface area contributed by atoms with E-state index in [0.29, 0.717) is 17.3 Å². The molecular formula is C11H14N4O. The van der Waals surface area contributed by atoms with Gasteiger partial charge in [-0.1, -0.05) is 0 Å². The maximum absolute atomic E-state index is 8.87. The second-order valence-electron chi connectivity index (χ2n) is 3.87. The van der Waals surface area contributed by atoms with E-state index in [1.807, 2.05) is 0 Å². The van der Waals surface area contributed by atoms with Gasteiger partial charge in [-0.05, 0) is 24.8 Å². The monoisotopic (exact) mass is 218 g/mol. The van der Waals surface area contributed by atoms with Gasteiger partial charge < -0.3 is 10.1 Å². The highest BCUT2D eigenvalue weighted by Gasteiger charge is 2.14. The van der Waals surface area contributed by atoms with E-state index in [2.05, 4.69) is 21.6 Å². The first kappa shape index (κ1) is 10.8. The van der Waals surface area contributed by atoms with E-state index >= 15 is 0 Å². The Kier molecular flexibility index (Phi) is 3.67. The quantitative estimate of drug-likeness (QED) is 0.825. The van der Waals surface area contributed by atoms with Gasteiger partial charge in [0, 0.05) is 13.2 Å². The molecule has 0 spiro atoms. The van der Waals surface area contributed by atoms with Crippen LogP contribution in [0, 0.1) is 17.2 Å². The number of hydrogen-bond acceptors (Lipinski definition) is 5. The van der Waals surface area contributed by atoms with Crippen LogP contribution in [0.4, 0.5) is 5.82 Å². The molecule has 1 aliphatic rings. The van der Waals surface area contributed by atoms with Crippen molar-refractivity contribution in [2.24, 2.45) is 5.92 Å². The van der Waals surface area contributed by atoms with E-state index in [-0.39, 0.29) is 0 Å². The molecule has 0 saturated carbocycles. The molecule has 1 unspecified atom stereocenters. The summed E-state index contributed by atoms with van der Waals surface area (Å²) < 4.78 is 5.39. The van der Waals surface area contributed by atoms with Crippen molar-refractivity contribution in [3.63, 3.8) is 0 Å². The Morgan fingerprint density at radius 1 is 1.62 bits per heavy atom. The number of ether oxygens (including phenoxy) is 1. The predicted octanol–water partition coefficient (Wildman–Crippen LogP) is 1.19. The molecule has 1 aromatic heterocycles. The molecule has 1 aliphatic heterocycles. The van der Waals surface area contributed by atoms with Crippen LogP contribution in [0.1, 0.15) is 18.4 Å².